The Morgan fingerprint density at radius 3 is 2.77 bits per heavy atom. The largest absolute Gasteiger partial charge is 0.461 e. The van der Waals surface area contributed by atoms with Crippen molar-refractivity contribution in [3.05, 3.63) is 29.8 Å². The van der Waals surface area contributed by atoms with Gasteiger partial charge in [0.15, 0.2) is 0 Å². The Morgan fingerprint density at radius 2 is 2.05 bits per heavy atom. The van der Waals surface area contributed by atoms with E-state index in [2.05, 4.69) is 5.32 Å². The van der Waals surface area contributed by atoms with Crippen molar-refractivity contribution in [2.75, 3.05) is 23.9 Å². The first kappa shape index (κ1) is 16.9. The van der Waals surface area contributed by atoms with E-state index in [0.717, 1.165) is 31.4 Å². The first-order valence-electron chi connectivity index (χ1n) is 7.77. The van der Waals surface area contributed by atoms with E-state index >= 15 is 0 Å². The first-order valence-corrected chi connectivity index (χ1v) is 9.17. The maximum absolute atomic E-state index is 12.2. The van der Waals surface area contributed by atoms with Crippen LogP contribution in [0.2, 0.25) is 0 Å². The van der Waals surface area contributed by atoms with Gasteiger partial charge >= 0.3 is 5.97 Å². The molecule has 120 valence electrons. The molecule has 0 heterocycles. The number of anilines is 1. The van der Waals surface area contributed by atoms with Gasteiger partial charge in [-0.05, 0) is 37.3 Å². The van der Waals surface area contributed by atoms with Crippen molar-refractivity contribution in [2.45, 2.75) is 32.1 Å². The number of amides is 1. The minimum atomic E-state index is -0.345. The quantitative estimate of drug-likeness (QED) is 0.641. The number of esters is 1. The van der Waals surface area contributed by atoms with E-state index in [-0.39, 0.29) is 17.8 Å². The highest BCUT2D eigenvalue weighted by Gasteiger charge is 2.21. The van der Waals surface area contributed by atoms with E-state index in [4.69, 9.17) is 4.74 Å². The van der Waals surface area contributed by atoms with Crippen molar-refractivity contribution in [1.82, 2.24) is 0 Å². The van der Waals surface area contributed by atoms with Crippen molar-refractivity contribution >= 4 is 29.3 Å². The number of thioether (sulfide) groups is 1. The molecule has 2 rings (SSSR count). The zero-order chi connectivity index (χ0) is 15.8. The minimum absolute atomic E-state index is 0.0626. The molecule has 1 aliphatic rings. The Hall–Kier alpha value is -1.49. The summed E-state index contributed by atoms with van der Waals surface area (Å²) in [5.41, 5.74) is 1.14. The molecule has 1 amide bonds. The van der Waals surface area contributed by atoms with Gasteiger partial charge in [-0.15, -0.1) is 0 Å². The summed E-state index contributed by atoms with van der Waals surface area (Å²) in [6, 6.07) is 6.96. The van der Waals surface area contributed by atoms with Gasteiger partial charge in [0.2, 0.25) is 5.91 Å². The Morgan fingerprint density at radius 1 is 1.27 bits per heavy atom. The molecular weight excluding hydrogens is 298 g/mol. The molecule has 1 aromatic rings. The number of rotatable bonds is 6. The zero-order valence-electron chi connectivity index (χ0n) is 13.0. The molecule has 0 aliphatic heterocycles. The number of carbonyl (C=O) groups is 2. The number of hydrogen-bond acceptors (Lipinski definition) is 4. The number of benzene rings is 1. The summed E-state index contributed by atoms with van der Waals surface area (Å²) in [5.74, 6) is 0.602. The summed E-state index contributed by atoms with van der Waals surface area (Å²) in [4.78, 5) is 24.1. The molecule has 0 saturated heterocycles. The lowest BCUT2D eigenvalue weighted by Crippen LogP contribution is -2.24. The first-order chi connectivity index (χ1) is 10.7. The fourth-order valence-corrected chi connectivity index (χ4v) is 2.88. The molecule has 1 fully saturated rings. The molecule has 22 heavy (non-hydrogen) atoms. The second-order valence-corrected chi connectivity index (χ2v) is 6.52. The van der Waals surface area contributed by atoms with Gasteiger partial charge in [0.25, 0.3) is 0 Å². The molecule has 1 aromatic carbocycles. The highest BCUT2D eigenvalue weighted by molar-refractivity contribution is 7.98. The van der Waals surface area contributed by atoms with Crippen LogP contribution in [0.5, 0.6) is 0 Å². The summed E-state index contributed by atoms with van der Waals surface area (Å²) in [7, 11) is 0. The third kappa shape index (κ3) is 5.05. The lowest BCUT2D eigenvalue weighted by atomic mass is 9.88. The summed E-state index contributed by atoms with van der Waals surface area (Å²) < 4.78 is 5.17. The van der Waals surface area contributed by atoms with E-state index in [9.17, 15) is 9.59 Å². The van der Waals surface area contributed by atoms with Gasteiger partial charge in [-0.25, -0.2) is 4.79 Å². The Balaban J connectivity index is 1.92. The summed E-state index contributed by atoms with van der Waals surface area (Å²) in [5, 5.41) is 2.92. The molecule has 0 unspecified atom stereocenters. The van der Waals surface area contributed by atoms with E-state index in [0.29, 0.717) is 17.9 Å². The van der Waals surface area contributed by atoms with E-state index in [1.807, 2.05) is 6.26 Å². The number of carbonyl (C=O) groups excluding carboxylic acids is 2. The number of hydrogen-bond donors (Lipinski definition) is 1. The van der Waals surface area contributed by atoms with Gasteiger partial charge in [0.05, 0.1) is 5.56 Å². The lowest BCUT2D eigenvalue weighted by molar-refractivity contribution is -0.120. The van der Waals surface area contributed by atoms with Crippen molar-refractivity contribution < 1.29 is 14.3 Å². The molecule has 1 aliphatic carbocycles. The van der Waals surface area contributed by atoms with E-state index < -0.39 is 0 Å². The lowest BCUT2D eigenvalue weighted by Gasteiger charge is -2.20. The van der Waals surface area contributed by atoms with Crippen LogP contribution in [0.3, 0.4) is 0 Å². The molecule has 5 heteroatoms. The topological polar surface area (TPSA) is 55.4 Å². The average Bonchev–Trinajstić information content (AvgIpc) is 2.56. The fraction of sp³-hybridized carbons (Fsp3) is 0.529. The third-order valence-corrected chi connectivity index (χ3v) is 4.44. The molecule has 1 saturated carbocycles. The minimum Gasteiger partial charge on any atom is -0.461 e. The van der Waals surface area contributed by atoms with Crippen LogP contribution in [0.15, 0.2) is 24.3 Å². The second kappa shape index (κ2) is 8.83. The van der Waals surface area contributed by atoms with Crippen molar-refractivity contribution in [1.29, 1.82) is 0 Å². The van der Waals surface area contributed by atoms with Crippen LogP contribution in [0, 0.1) is 5.92 Å². The highest BCUT2D eigenvalue weighted by atomic mass is 32.2. The van der Waals surface area contributed by atoms with Gasteiger partial charge in [-0.3, -0.25) is 4.79 Å². The predicted molar refractivity (Wildman–Crippen MR) is 90.3 cm³/mol. The summed E-state index contributed by atoms with van der Waals surface area (Å²) in [6.07, 6.45) is 7.36. The standard InChI is InChI=1S/C17H23NO3S/c1-22-11-10-21-17(20)14-8-5-9-15(12-14)18-16(19)13-6-3-2-4-7-13/h5,8-9,12-13H,2-4,6-7,10-11H2,1H3,(H,18,19). The van der Waals surface area contributed by atoms with Gasteiger partial charge in [0.1, 0.15) is 6.61 Å². The van der Waals surface area contributed by atoms with E-state index in [1.54, 1.807) is 36.0 Å². The normalized spacial score (nSPS) is 15.3. The molecule has 0 radical (unpaired) electrons. The molecular formula is C17H23NO3S. The summed E-state index contributed by atoms with van der Waals surface area (Å²) in [6.45, 7) is 0.401. The van der Waals surface area contributed by atoms with Crippen molar-refractivity contribution in [2.24, 2.45) is 5.92 Å². The molecule has 4 nitrogen and oxygen atoms in total. The number of nitrogens with one attached hydrogen (secondary N) is 1. The molecule has 0 spiro atoms. The monoisotopic (exact) mass is 321 g/mol. The van der Waals surface area contributed by atoms with Crippen LogP contribution < -0.4 is 5.32 Å². The smallest absolute Gasteiger partial charge is 0.338 e. The highest BCUT2D eigenvalue weighted by Crippen LogP contribution is 2.25. The zero-order valence-corrected chi connectivity index (χ0v) is 13.8. The van der Waals surface area contributed by atoms with Crippen molar-refractivity contribution in [3.8, 4) is 0 Å². The van der Waals surface area contributed by atoms with Gasteiger partial charge in [0, 0.05) is 17.4 Å². The Bertz CT molecular complexity index is 512. The molecule has 1 N–H and O–H groups in total. The maximum atomic E-state index is 12.2. The van der Waals surface area contributed by atoms with Crippen LogP contribution in [0.4, 0.5) is 5.69 Å². The van der Waals surface area contributed by atoms with Crippen LogP contribution in [-0.4, -0.2) is 30.5 Å². The average molecular weight is 321 g/mol. The maximum Gasteiger partial charge on any atom is 0.338 e. The van der Waals surface area contributed by atoms with Crippen LogP contribution in [-0.2, 0) is 9.53 Å². The van der Waals surface area contributed by atoms with Gasteiger partial charge < -0.3 is 10.1 Å². The Labute approximate surface area is 136 Å². The van der Waals surface area contributed by atoms with Gasteiger partial charge in [-0.2, -0.15) is 11.8 Å². The van der Waals surface area contributed by atoms with Crippen LogP contribution >= 0.6 is 11.8 Å². The van der Waals surface area contributed by atoms with E-state index in [1.165, 1.54) is 6.42 Å². The molecule has 0 aromatic heterocycles. The summed E-state index contributed by atoms with van der Waals surface area (Å²) >= 11 is 1.63. The third-order valence-electron chi connectivity index (χ3n) is 3.86. The van der Waals surface area contributed by atoms with Crippen LogP contribution in [0.1, 0.15) is 42.5 Å². The number of ether oxygens (including phenoxy) is 1. The van der Waals surface area contributed by atoms with Crippen molar-refractivity contribution in [3.63, 3.8) is 0 Å². The SMILES string of the molecule is CSCCOC(=O)c1cccc(NC(=O)C2CCCCC2)c1. The molecule has 0 bridgehead atoms. The Kier molecular flexibility index (Phi) is 6.77. The predicted octanol–water partition coefficient (Wildman–Crippen LogP) is 3.73. The van der Waals surface area contributed by atoms with Crippen LogP contribution in [0.25, 0.3) is 0 Å². The second-order valence-electron chi connectivity index (χ2n) is 5.53. The fourth-order valence-electron chi connectivity index (χ4n) is 2.63. The molecule has 0 atom stereocenters. The van der Waals surface area contributed by atoms with Gasteiger partial charge in [-0.1, -0.05) is 25.3 Å².